The Kier molecular flexibility index (Phi) is 16.3. The molecule has 0 amide bonds. The van der Waals surface area contributed by atoms with Crippen LogP contribution in [0, 0.1) is 23.3 Å². The molecule has 3 aromatic carbocycles. The van der Waals surface area contributed by atoms with E-state index in [0.717, 1.165) is 43.5 Å². The number of hydrogen-bond donors (Lipinski definition) is 0. The van der Waals surface area contributed by atoms with Gasteiger partial charge in [-0.25, -0.2) is 22.8 Å². The zero-order chi connectivity index (χ0) is 38.5. The van der Waals surface area contributed by atoms with Crippen molar-refractivity contribution in [3.8, 4) is 17.2 Å². The molecule has 7 nitrogen and oxygen atoms in total. The third-order valence-corrected chi connectivity index (χ3v) is 17.4. The van der Waals surface area contributed by atoms with Crippen LogP contribution in [-0.2, 0) is 8.23 Å². The molecule has 3 aromatic rings. The maximum atomic E-state index is 14.6. The number of benzene rings is 3. The first-order valence-corrected chi connectivity index (χ1v) is 27.2. The van der Waals surface area contributed by atoms with Crippen LogP contribution in [0.2, 0.25) is 51.9 Å². The van der Waals surface area contributed by atoms with Gasteiger partial charge in [0.1, 0.15) is 17.3 Å². The number of carbonyl (C=O) groups excluding carboxylic acids is 2. The Balaban J connectivity index is 1.30. The van der Waals surface area contributed by atoms with Crippen molar-refractivity contribution in [1.29, 1.82) is 0 Å². The van der Waals surface area contributed by atoms with Crippen molar-refractivity contribution in [2.24, 2.45) is 0 Å². The van der Waals surface area contributed by atoms with Gasteiger partial charge < -0.3 is 22.4 Å². The molecule has 0 N–H and O–H groups in total. The summed E-state index contributed by atoms with van der Waals surface area (Å²) in [6.45, 7) is 16.3. The van der Waals surface area contributed by atoms with Crippen LogP contribution in [0.4, 0.5) is 17.6 Å². The predicted molar refractivity (Wildman–Crippen MR) is 201 cm³/mol. The standard InChI is InChI=1S/C38H52F4O7Si3/c1-50(2,3)48-52(7,49-51(4,5)6)26-16-14-12-10-8-9-11-13-15-25-45-29-19-17-28(18-20-29)37(43)46-30-21-22-31(33(40)27-30)38(44)47-34-24-23-32(39)35(41)36(34)42/h17-24,27H,8-16,25-26H2,1-7H3. The van der Waals surface area contributed by atoms with E-state index in [1.807, 2.05) is 0 Å². The Morgan fingerprint density at radius 3 is 1.65 bits per heavy atom. The molecule has 0 bridgehead atoms. The van der Waals surface area contributed by atoms with E-state index < -0.39 is 71.7 Å². The first-order chi connectivity index (χ1) is 24.4. The number of unbranched alkanes of at least 4 members (excludes halogenated alkanes) is 8. The van der Waals surface area contributed by atoms with Gasteiger partial charge in [0, 0.05) is 6.07 Å². The van der Waals surface area contributed by atoms with Gasteiger partial charge in [-0.3, -0.25) is 0 Å². The zero-order valence-electron chi connectivity index (χ0n) is 31.3. The van der Waals surface area contributed by atoms with Gasteiger partial charge in [0.05, 0.1) is 17.7 Å². The lowest BCUT2D eigenvalue weighted by Gasteiger charge is -2.38. The van der Waals surface area contributed by atoms with Crippen molar-refractivity contribution in [2.45, 2.75) is 110 Å². The molecule has 0 saturated carbocycles. The van der Waals surface area contributed by atoms with E-state index in [9.17, 15) is 27.2 Å². The molecule has 14 heteroatoms. The SMILES string of the molecule is C[Si](C)(C)O[Si](C)(CCCCCCCCCCCOc1ccc(C(=O)Oc2ccc(C(=O)Oc3ccc(F)c(F)c3F)c(F)c2)cc1)O[Si](C)(C)C. The highest BCUT2D eigenvalue weighted by molar-refractivity contribution is 6.87. The van der Waals surface area contributed by atoms with Crippen LogP contribution in [0.25, 0.3) is 0 Å². The average molecular weight is 781 g/mol. The fraction of sp³-hybridized carbons (Fsp3) is 0.474. The molecule has 0 atom stereocenters. The van der Waals surface area contributed by atoms with Crippen LogP contribution in [0.1, 0.15) is 78.5 Å². The van der Waals surface area contributed by atoms with E-state index >= 15 is 0 Å². The molecule has 0 heterocycles. The number of esters is 2. The van der Waals surface area contributed by atoms with Crippen molar-refractivity contribution >= 4 is 37.1 Å². The van der Waals surface area contributed by atoms with Crippen molar-refractivity contribution in [3.05, 3.63) is 89.0 Å². The molecular formula is C38H52F4O7Si3. The molecule has 0 unspecified atom stereocenters. The molecule has 0 spiro atoms. The monoisotopic (exact) mass is 780 g/mol. The predicted octanol–water partition coefficient (Wildman–Crippen LogP) is 11.3. The van der Waals surface area contributed by atoms with E-state index in [4.69, 9.17) is 17.7 Å². The van der Waals surface area contributed by atoms with Gasteiger partial charge in [0.15, 0.2) is 34.0 Å². The largest absolute Gasteiger partial charge is 0.494 e. The second kappa shape index (κ2) is 19.7. The number of ether oxygens (including phenoxy) is 3. The molecule has 3 rings (SSSR count). The summed E-state index contributed by atoms with van der Waals surface area (Å²) < 4.78 is 83.9. The van der Waals surface area contributed by atoms with Crippen LogP contribution in [-0.4, -0.2) is 43.7 Å². The lowest BCUT2D eigenvalue weighted by Crippen LogP contribution is -2.52. The summed E-state index contributed by atoms with van der Waals surface area (Å²) in [5.74, 6) is -8.77. The van der Waals surface area contributed by atoms with E-state index in [2.05, 4.69) is 50.6 Å². The Labute approximate surface area is 308 Å². The number of rotatable bonds is 21. The van der Waals surface area contributed by atoms with Crippen molar-refractivity contribution in [2.75, 3.05) is 6.61 Å². The highest BCUT2D eigenvalue weighted by Gasteiger charge is 2.39. The minimum absolute atomic E-state index is 0.195. The molecule has 0 aliphatic carbocycles. The third-order valence-electron chi connectivity index (χ3n) is 7.75. The first-order valence-electron chi connectivity index (χ1n) is 17.9. The molecule has 0 fully saturated rings. The fourth-order valence-corrected chi connectivity index (χ4v) is 18.3. The number of hydrogen-bond acceptors (Lipinski definition) is 7. The molecule has 0 aliphatic heterocycles. The van der Waals surface area contributed by atoms with E-state index in [1.165, 1.54) is 50.7 Å². The van der Waals surface area contributed by atoms with Crippen molar-refractivity contribution in [1.82, 2.24) is 0 Å². The second-order valence-electron chi connectivity index (χ2n) is 15.0. The van der Waals surface area contributed by atoms with Crippen LogP contribution in [0.15, 0.2) is 54.6 Å². The summed E-state index contributed by atoms with van der Waals surface area (Å²) >= 11 is 0. The van der Waals surface area contributed by atoms with Gasteiger partial charge in [-0.1, -0.05) is 51.4 Å². The quantitative estimate of drug-likeness (QED) is 0.0266. The van der Waals surface area contributed by atoms with Gasteiger partial charge in [-0.15, -0.1) is 0 Å². The molecular weight excluding hydrogens is 729 g/mol. The van der Waals surface area contributed by atoms with Gasteiger partial charge in [0.2, 0.25) is 5.82 Å². The molecule has 286 valence electrons. The number of halogens is 4. The summed E-state index contributed by atoms with van der Waals surface area (Å²) in [5.41, 5.74) is -0.436. The molecule has 0 aliphatic rings. The summed E-state index contributed by atoms with van der Waals surface area (Å²) in [6, 6.07) is 11.6. The van der Waals surface area contributed by atoms with Crippen molar-refractivity contribution in [3.63, 3.8) is 0 Å². The summed E-state index contributed by atoms with van der Waals surface area (Å²) in [5, 5.41) is 0. The van der Waals surface area contributed by atoms with E-state index in [1.54, 1.807) is 12.1 Å². The van der Waals surface area contributed by atoms with Crippen LogP contribution in [0.3, 0.4) is 0 Å². The summed E-state index contributed by atoms with van der Waals surface area (Å²) in [6.07, 6.45) is 10.5. The molecule has 0 radical (unpaired) electrons. The minimum Gasteiger partial charge on any atom is -0.494 e. The summed E-state index contributed by atoms with van der Waals surface area (Å²) in [4.78, 5) is 24.9. The Bertz CT molecular complexity index is 1610. The Hall–Kier alpha value is -3.31. The summed E-state index contributed by atoms with van der Waals surface area (Å²) in [7, 11) is -5.44. The van der Waals surface area contributed by atoms with Crippen LogP contribution < -0.4 is 14.2 Å². The number of carbonyl (C=O) groups is 2. The third kappa shape index (κ3) is 15.0. The smallest absolute Gasteiger partial charge is 0.346 e. The van der Waals surface area contributed by atoms with Crippen LogP contribution >= 0.6 is 0 Å². The first kappa shape index (κ1) is 43.1. The molecule has 0 aromatic heterocycles. The lowest BCUT2D eigenvalue weighted by molar-refractivity contribution is 0.0720. The minimum atomic E-state index is -2.13. The maximum absolute atomic E-state index is 14.6. The van der Waals surface area contributed by atoms with Gasteiger partial charge in [-0.2, -0.15) is 4.39 Å². The maximum Gasteiger partial charge on any atom is 0.346 e. The van der Waals surface area contributed by atoms with Crippen LogP contribution in [0.5, 0.6) is 17.2 Å². The lowest BCUT2D eigenvalue weighted by atomic mass is 10.1. The highest BCUT2D eigenvalue weighted by Crippen LogP contribution is 2.28. The fourth-order valence-electron chi connectivity index (χ4n) is 5.71. The Morgan fingerprint density at radius 2 is 1.10 bits per heavy atom. The molecule has 52 heavy (non-hydrogen) atoms. The van der Waals surface area contributed by atoms with Gasteiger partial charge in [-0.05, 0) is 107 Å². The van der Waals surface area contributed by atoms with Crippen molar-refractivity contribution < 1.29 is 49.6 Å². The van der Waals surface area contributed by atoms with Gasteiger partial charge >= 0.3 is 20.5 Å². The zero-order valence-corrected chi connectivity index (χ0v) is 34.3. The van der Waals surface area contributed by atoms with E-state index in [-0.39, 0.29) is 11.3 Å². The highest BCUT2D eigenvalue weighted by atomic mass is 28.5. The van der Waals surface area contributed by atoms with E-state index in [0.29, 0.717) is 24.5 Å². The molecule has 0 saturated heterocycles. The topological polar surface area (TPSA) is 80.3 Å². The normalized spacial score (nSPS) is 12.1. The van der Waals surface area contributed by atoms with Gasteiger partial charge in [0.25, 0.3) is 0 Å². The second-order valence-corrected chi connectivity index (χ2v) is 27.8. The Morgan fingerprint density at radius 1 is 0.558 bits per heavy atom. The average Bonchev–Trinajstić information content (AvgIpc) is 3.04.